The van der Waals surface area contributed by atoms with E-state index in [1.54, 1.807) is 0 Å². The number of carbonyl (C=O) groups is 1. The largest absolute Gasteiger partial charge is 0.377 e. The molecular formula is C19H20N4O2. The molecule has 1 aliphatic rings. The van der Waals surface area contributed by atoms with E-state index in [2.05, 4.69) is 10.2 Å². The van der Waals surface area contributed by atoms with Gasteiger partial charge in [0.1, 0.15) is 5.69 Å². The standard InChI is InChI=1S/C19H20N4O2/c1-22-9-5-8-17(22)18-13-25-11-10-23(18)19(24)16-12-15(20-21-16)14-6-3-2-4-7-14/h2-9,12,18H,10-11,13H2,1H3,(H,20,21). The number of aryl methyl sites for hydroxylation is 1. The molecule has 2 aromatic heterocycles. The van der Waals surface area contributed by atoms with E-state index in [4.69, 9.17) is 4.74 Å². The summed E-state index contributed by atoms with van der Waals surface area (Å²) in [5, 5.41) is 7.19. The summed E-state index contributed by atoms with van der Waals surface area (Å²) in [6.45, 7) is 1.62. The number of morpholine rings is 1. The Morgan fingerprint density at radius 1 is 1.24 bits per heavy atom. The molecule has 1 amide bonds. The molecule has 0 radical (unpaired) electrons. The Morgan fingerprint density at radius 3 is 2.84 bits per heavy atom. The van der Waals surface area contributed by atoms with Crippen LogP contribution >= 0.6 is 0 Å². The van der Waals surface area contributed by atoms with Gasteiger partial charge in [-0.2, -0.15) is 5.10 Å². The molecule has 1 fully saturated rings. The van der Waals surface area contributed by atoms with Gasteiger partial charge in [-0.3, -0.25) is 9.89 Å². The van der Waals surface area contributed by atoms with Crippen LogP contribution in [0, 0.1) is 0 Å². The van der Waals surface area contributed by atoms with E-state index in [0.717, 1.165) is 17.0 Å². The third-order valence-corrected chi connectivity index (χ3v) is 4.59. The molecule has 1 atom stereocenters. The fraction of sp³-hybridized carbons (Fsp3) is 0.263. The van der Waals surface area contributed by atoms with E-state index in [9.17, 15) is 4.79 Å². The number of H-pyrrole nitrogens is 1. The van der Waals surface area contributed by atoms with Gasteiger partial charge in [-0.05, 0) is 18.2 Å². The van der Waals surface area contributed by atoms with Crippen molar-refractivity contribution in [1.29, 1.82) is 0 Å². The second-order valence-electron chi connectivity index (χ2n) is 6.17. The highest BCUT2D eigenvalue weighted by Crippen LogP contribution is 2.26. The number of aromatic amines is 1. The van der Waals surface area contributed by atoms with Gasteiger partial charge in [0.05, 0.1) is 24.9 Å². The Balaban J connectivity index is 1.61. The number of aromatic nitrogens is 3. The lowest BCUT2D eigenvalue weighted by Crippen LogP contribution is -2.44. The number of rotatable bonds is 3. The normalized spacial score (nSPS) is 17.6. The van der Waals surface area contributed by atoms with Gasteiger partial charge in [-0.15, -0.1) is 0 Å². The van der Waals surface area contributed by atoms with E-state index in [1.807, 2.05) is 71.2 Å². The minimum Gasteiger partial charge on any atom is -0.377 e. The van der Waals surface area contributed by atoms with Crippen LogP contribution in [0.2, 0.25) is 0 Å². The Bertz CT molecular complexity index is 868. The van der Waals surface area contributed by atoms with Crippen LogP contribution in [-0.4, -0.2) is 45.3 Å². The van der Waals surface area contributed by atoms with Crippen LogP contribution in [-0.2, 0) is 11.8 Å². The maximum absolute atomic E-state index is 13.1. The molecule has 1 N–H and O–H groups in total. The first kappa shape index (κ1) is 15.7. The molecule has 1 unspecified atom stereocenters. The van der Waals surface area contributed by atoms with Gasteiger partial charge >= 0.3 is 0 Å². The summed E-state index contributed by atoms with van der Waals surface area (Å²) in [6, 6.07) is 15.6. The molecule has 4 rings (SSSR count). The number of ether oxygens (including phenoxy) is 1. The van der Waals surface area contributed by atoms with Gasteiger partial charge in [0.25, 0.3) is 5.91 Å². The maximum atomic E-state index is 13.1. The predicted molar refractivity (Wildman–Crippen MR) is 94.0 cm³/mol. The summed E-state index contributed by atoms with van der Waals surface area (Å²) in [6.07, 6.45) is 1.98. The number of carbonyl (C=O) groups excluding carboxylic acids is 1. The van der Waals surface area contributed by atoms with E-state index in [0.29, 0.717) is 25.5 Å². The Morgan fingerprint density at radius 2 is 2.08 bits per heavy atom. The Hall–Kier alpha value is -2.86. The first-order chi connectivity index (χ1) is 12.2. The molecule has 6 nitrogen and oxygen atoms in total. The van der Waals surface area contributed by atoms with Crippen molar-refractivity contribution in [2.45, 2.75) is 6.04 Å². The molecule has 1 aromatic carbocycles. The zero-order chi connectivity index (χ0) is 17.2. The van der Waals surface area contributed by atoms with E-state index < -0.39 is 0 Å². The third-order valence-electron chi connectivity index (χ3n) is 4.59. The summed E-state index contributed by atoms with van der Waals surface area (Å²) in [5.74, 6) is -0.0517. The molecule has 0 bridgehead atoms. The molecule has 0 saturated carbocycles. The Labute approximate surface area is 146 Å². The molecule has 1 saturated heterocycles. The highest BCUT2D eigenvalue weighted by Gasteiger charge is 2.31. The summed E-state index contributed by atoms with van der Waals surface area (Å²) in [4.78, 5) is 14.9. The first-order valence-electron chi connectivity index (χ1n) is 8.35. The predicted octanol–water partition coefficient (Wildman–Crippen LogP) is 2.63. The number of nitrogens with zero attached hydrogens (tertiary/aromatic N) is 3. The van der Waals surface area contributed by atoms with Gasteiger partial charge in [0.2, 0.25) is 0 Å². The van der Waals surface area contributed by atoms with Crippen LogP contribution in [0.1, 0.15) is 22.2 Å². The second kappa shape index (κ2) is 6.57. The maximum Gasteiger partial charge on any atom is 0.272 e. The van der Waals surface area contributed by atoms with Gasteiger partial charge in [-0.25, -0.2) is 0 Å². The number of benzene rings is 1. The van der Waals surface area contributed by atoms with Crippen molar-refractivity contribution >= 4 is 5.91 Å². The lowest BCUT2D eigenvalue weighted by Gasteiger charge is -2.35. The molecule has 1 aliphatic heterocycles. The average Bonchev–Trinajstić information content (AvgIpc) is 3.31. The van der Waals surface area contributed by atoms with Gasteiger partial charge in [0, 0.05) is 31.0 Å². The minimum atomic E-state index is -0.0928. The molecule has 25 heavy (non-hydrogen) atoms. The van der Waals surface area contributed by atoms with Gasteiger partial charge in [0.15, 0.2) is 0 Å². The van der Waals surface area contributed by atoms with E-state index in [1.165, 1.54) is 0 Å². The molecular weight excluding hydrogens is 316 g/mol. The summed E-state index contributed by atoms with van der Waals surface area (Å²) < 4.78 is 7.65. The smallest absolute Gasteiger partial charge is 0.272 e. The zero-order valence-electron chi connectivity index (χ0n) is 14.1. The molecule has 6 heteroatoms. The van der Waals surface area contributed by atoms with Crippen molar-refractivity contribution < 1.29 is 9.53 Å². The minimum absolute atomic E-state index is 0.0517. The number of nitrogens with one attached hydrogen (secondary N) is 1. The number of amides is 1. The number of hydrogen-bond acceptors (Lipinski definition) is 3. The molecule has 128 valence electrons. The quantitative estimate of drug-likeness (QED) is 0.800. The average molecular weight is 336 g/mol. The van der Waals surface area contributed by atoms with Crippen molar-refractivity contribution in [3.8, 4) is 11.3 Å². The van der Waals surface area contributed by atoms with Crippen LogP contribution in [0.4, 0.5) is 0 Å². The SMILES string of the molecule is Cn1cccc1C1COCCN1C(=O)c1cc(-c2ccccc2)n[nH]1. The zero-order valence-corrected chi connectivity index (χ0v) is 14.1. The molecule has 0 aliphatic carbocycles. The van der Waals surface area contributed by atoms with Gasteiger partial charge < -0.3 is 14.2 Å². The van der Waals surface area contributed by atoms with Crippen molar-refractivity contribution in [1.82, 2.24) is 19.7 Å². The van der Waals surface area contributed by atoms with Crippen LogP contribution in [0.15, 0.2) is 54.7 Å². The van der Waals surface area contributed by atoms with E-state index >= 15 is 0 Å². The second-order valence-corrected chi connectivity index (χ2v) is 6.17. The molecule has 3 heterocycles. The third kappa shape index (κ3) is 2.96. The van der Waals surface area contributed by atoms with Crippen molar-refractivity contribution in [2.24, 2.45) is 7.05 Å². The topological polar surface area (TPSA) is 63.1 Å². The molecule has 0 spiro atoms. The van der Waals surface area contributed by atoms with Crippen LogP contribution < -0.4 is 0 Å². The molecule has 3 aromatic rings. The number of hydrogen-bond donors (Lipinski definition) is 1. The van der Waals surface area contributed by atoms with Crippen molar-refractivity contribution in [3.05, 3.63) is 66.1 Å². The van der Waals surface area contributed by atoms with Gasteiger partial charge in [-0.1, -0.05) is 30.3 Å². The van der Waals surface area contributed by atoms with Crippen LogP contribution in [0.5, 0.6) is 0 Å². The highest BCUT2D eigenvalue weighted by molar-refractivity contribution is 5.93. The monoisotopic (exact) mass is 336 g/mol. The lowest BCUT2D eigenvalue weighted by molar-refractivity contribution is -0.00494. The van der Waals surface area contributed by atoms with E-state index in [-0.39, 0.29) is 11.9 Å². The first-order valence-corrected chi connectivity index (χ1v) is 8.35. The summed E-state index contributed by atoms with van der Waals surface area (Å²) in [5.41, 5.74) is 3.32. The van der Waals surface area contributed by atoms with Crippen LogP contribution in [0.3, 0.4) is 0 Å². The fourth-order valence-electron chi connectivity index (χ4n) is 3.26. The summed E-state index contributed by atoms with van der Waals surface area (Å²) >= 11 is 0. The van der Waals surface area contributed by atoms with Crippen molar-refractivity contribution in [2.75, 3.05) is 19.8 Å². The summed E-state index contributed by atoms with van der Waals surface area (Å²) in [7, 11) is 1.98. The Kier molecular flexibility index (Phi) is 4.11. The van der Waals surface area contributed by atoms with Crippen LogP contribution in [0.25, 0.3) is 11.3 Å². The lowest BCUT2D eigenvalue weighted by atomic mass is 10.1. The highest BCUT2D eigenvalue weighted by atomic mass is 16.5. The fourth-order valence-corrected chi connectivity index (χ4v) is 3.26. The van der Waals surface area contributed by atoms with Crippen molar-refractivity contribution in [3.63, 3.8) is 0 Å².